The maximum atomic E-state index is 12.6. The van der Waals surface area contributed by atoms with E-state index in [-0.39, 0.29) is 24.5 Å². The van der Waals surface area contributed by atoms with Gasteiger partial charge in [0.15, 0.2) is 0 Å². The van der Waals surface area contributed by atoms with Crippen LogP contribution in [0.25, 0.3) is 20.1 Å². The molecule has 3 heterocycles. The molecule has 31 heavy (non-hydrogen) atoms. The molecule has 0 saturated heterocycles. The Morgan fingerprint density at radius 2 is 1.90 bits per heavy atom. The predicted octanol–water partition coefficient (Wildman–Crippen LogP) is 3.70. The molecule has 0 radical (unpaired) electrons. The average molecular weight is 458 g/mol. The van der Waals surface area contributed by atoms with Crippen LogP contribution in [0.1, 0.15) is 23.5 Å². The zero-order chi connectivity index (χ0) is 22.0. The summed E-state index contributed by atoms with van der Waals surface area (Å²) < 4.78 is 11.5. The van der Waals surface area contributed by atoms with Gasteiger partial charge in [0.1, 0.15) is 16.5 Å². The molecular weight excluding hydrogens is 438 g/mol. The molecule has 2 N–H and O–H groups in total. The molecule has 8 nitrogen and oxygen atoms in total. The smallest absolute Gasteiger partial charge is 0.348 e. The second kappa shape index (κ2) is 8.86. The summed E-state index contributed by atoms with van der Waals surface area (Å²) in [6.07, 6.45) is 0. The fourth-order valence-corrected chi connectivity index (χ4v) is 5.06. The quantitative estimate of drug-likeness (QED) is 0.547. The summed E-state index contributed by atoms with van der Waals surface area (Å²) in [6, 6.07) is 10.3. The minimum atomic E-state index is -0.567. The SMILES string of the molecule is CCOC(=O)C1=C(COC(=O)c2ccc(-c3nc4ccccc4s3)s2)NC(=O)N[C@@H]1C. The second-order valence-corrected chi connectivity index (χ2v) is 8.77. The van der Waals surface area contributed by atoms with Gasteiger partial charge in [-0.3, -0.25) is 0 Å². The lowest BCUT2D eigenvalue weighted by Gasteiger charge is -2.26. The maximum absolute atomic E-state index is 12.6. The fraction of sp³-hybridized carbons (Fsp3) is 0.238. The molecule has 0 unspecified atom stereocenters. The van der Waals surface area contributed by atoms with E-state index in [9.17, 15) is 14.4 Å². The number of ether oxygens (including phenoxy) is 2. The lowest BCUT2D eigenvalue weighted by molar-refractivity contribution is -0.139. The number of esters is 2. The van der Waals surface area contributed by atoms with E-state index in [0.29, 0.717) is 4.88 Å². The molecule has 160 valence electrons. The first kappa shape index (κ1) is 21.0. The largest absolute Gasteiger partial charge is 0.463 e. The van der Waals surface area contributed by atoms with Crippen molar-refractivity contribution < 1.29 is 23.9 Å². The summed E-state index contributed by atoms with van der Waals surface area (Å²) in [4.78, 5) is 42.5. The number of carbonyl (C=O) groups excluding carboxylic acids is 3. The molecule has 1 aliphatic heterocycles. The van der Waals surface area contributed by atoms with Gasteiger partial charge in [-0.15, -0.1) is 22.7 Å². The molecule has 1 aromatic carbocycles. The highest BCUT2D eigenvalue weighted by molar-refractivity contribution is 7.26. The third kappa shape index (κ3) is 4.44. The number of hydrogen-bond donors (Lipinski definition) is 2. The van der Waals surface area contributed by atoms with Crippen LogP contribution in [0.15, 0.2) is 47.7 Å². The number of para-hydroxylation sites is 1. The number of benzene rings is 1. The van der Waals surface area contributed by atoms with E-state index in [4.69, 9.17) is 9.47 Å². The van der Waals surface area contributed by atoms with Crippen molar-refractivity contribution in [3.8, 4) is 9.88 Å². The molecule has 1 atom stereocenters. The lowest BCUT2D eigenvalue weighted by atomic mass is 10.0. The van der Waals surface area contributed by atoms with Crippen LogP contribution in [0.5, 0.6) is 0 Å². The summed E-state index contributed by atoms with van der Waals surface area (Å²) in [5.41, 5.74) is 1.36. The third-order valence-electron chi connectivity index (χ3n) is 4.52. The van der Waals surface area contributed by atoms with E-state index in [2.05, 4.69) is 15.6 Å². The van der Waals surface area contributed by atoms with Crippen LogP contribution in [-0.4, -0.2) is 42.2 Å². The van der Waals surface area contributed by atoms with Crippen molar-refractivity contribution in [3.63, 3.8) is 0 Å². The number of nitrogens with one attached hydrogen (secondary N) is 2. The zero-order valence-electron chi connectivity index (χ0n) is 16.8. The van der Waals surface area contributed by atoms with Gasteiger partial charge in [0.2, 0.25) is 0 Å². The molecule has 0 saturated carbocycles. The first-order valence-electron chi connectivity index (χ1n) is 9.57. The number of carbonyl (C=O) groups is 3. The monoisotopic (exact) mass is 457 g/mol. The number of nitrogens with zero attached hydrogens (tertiary/aromatic N) is 1. The van der Waals surface area contributed by atoms with Crippen molar-refractivity contribution in [2.75, 3.05) is 13.2 Å². The molecule has 0 spiro atoms. The normalized spacial score (nSPS) is 16.1. The molecule has 0 aliphatic carbocycles. The van der Waals surface area contributed by atoms with Crippen LogP contribution in [0, 0.1) is 0 Å². The molecule has 2 amide bonds. The van der Waals surface area contributed by atoms with Crippen molar-refractivity contribution >= 4 is 50.9 Å². The Morgan fingerprint density at radius 1 is 1.10 bits per heavy atom. The van der Waals surface area contributed by atoms with E-state index >= 15 is 0 Å². The molecule has 0 fully saturated rings. The van der Waals surface area contributed by atoms with E-state index in [1.54, 1.807) is 31.3 Å². The van der Waals surface area contributed by atoms with E-state index in [0.717, 1.165) is 20.1 Å². The average Bonchev–Trinajstić information content (AvgIpc) is 3.38. The third-order valence-corrected chi connectivity index (χ3v) is 6.80. The molecule has 3 aromatic rings. The van der Waals surface area contributed by atoms with Crippen LogP contribution < -0.4 is 10.6 Å². The van der Waals surface area contributed by atoms with E-state index in [1.165, 1.54) is 11.3 Å². The molecule has 10 heteroatoms. The Balaban J connectivity index is 1.49. The minimum absolute atomic E-state index is 0.194. The molecular formula is C21H19N3O5S2. The van der Waals surface area contributed by atoms with Gasteiger partial charge in [-0.25, -0.2) is 19.4 Å². The van der Waals surface area contributed by atoms with Crippen LogP contribution in [0.2, 0.25) is 0 Å². The summed E-state index contributed by atoms with van der Waals surface area (Å²) in [5, 5.41) is 5.96. The van der Waals surface area contributed by atoms with E-state index < -0.39 is 24.0 Å². The fourth-order valence-electron chi connectivity index (χ4n) is 3.14. The van der Waals surface area contributed by atoms with Gasteiger partial charge in [0.05, 0.1) is 39.0 Å². The second-order valence-electron chi connectivity index (χ2n) is 6.66. The van der Waals surface area contributed by atoms with Gasteiger partial charge < -0.3 is 20.1 Å². The highest BCUT2D eigenvalue weighted by atomic mass is 32.1. The number of amides is 2. The maximum Gasteiger partial charge on any atom is 0.348 e. The molecule has 4 rings (SSSR count). The van der Waals surface area contributed by atoms with Crippen molar-refractivity contribution in [2.24, 2.45) is 0 Å². The Bertz CT molecular complexity index is 1160. The van der Waals surface area contributed by atoms with Gasteiger partial charge in [0.25, 0.3) is 0 Å². The molecule has 0 bridgehead atoms. The van der Waals surface area contributed by atoms with Crippen LogP contribution >= 0.6 is 22.7 Å². The number of thiophene rings is 1. The van der Waals surface area contributed by atoms with Crippen molar-refractivity contribution in [1.29, 1.82) is 0 Å². The number of hydrogen-bond acceptors (Lipinski definition) is 8. The van der Waals surface area contributed by atoms with Crippen molar-refractivity contribution in [1.82, 2.24) is 15.6 Å². The number of fused-ring (bicyclic) bond motifs is 1. The lowest BCUT2D eigenvalue weighted by Crippen LogP contribution is -2.50. The molecule has 2 aromatic heterocycles. The van der Waals surface area contributed by atoms with Crippen molar-refractivity contribution in [2.45, 2.75) is 19.9 Å². The summed E-state index contributed by atoms with van der Waals surface area (Å²) in [6.45, 7) is 3.30. The van der Waals surface area contributed by atoms with Crippen molar-refractivity contribution in [3.05, 3.63) is 52.5 Å². The molecule has 1 aliphatic rings. The highest BCUT2D eigenvalue weighted by Gasteiger charge is 2.30. The summed E-state index contributed by atoms with van der Waals surface area (Å²) in [5.74, 6) is -1.11. The Kier molecular flexibility index (Phi) is 6.01. The number of thiazole rings is 1. The van der Waals surface area contributed by atoms with Crippen LogP contribution in [0.4, 0.5) is 4.79 Å². The van der Waals surface area contributed by atoms with Gasteiger partial charge in [-0.05, 0) is 38.1 Å². The number of urea groups is 1. The Labute approximate surface area is 185 Å². The topological polar surface area (TPSA) is 107 Å². The van der Waals surface area contributed by atoms with Crippen LogP contribution in [-0.2, 0) is 14.3 Å². The Morgan fingerprint density at radius 3 is 2.68 bits per heavy atom. The first-order valence-corrected chi connectivity index (χ1v) is 11.2. The van der Waals surface area contributed by atoms with Crippen LogP contribution in [0.3, 0.4) is 0 Å². The Hall–Kier alpha value is -3.24. The zero-order valence-corrected chi connectivity index (χ0v) is 18.4. The first-order chi connectivity index (χ1) is 15.0. The standard InChI is InChI=1S/C21H19N3O5S2/c1-3-28-20(26)17-11(2)22-21(27)24-13(17)10-29-19(25)16-9-8-15(30-16)18-23-12-6-4-5-7-14(12)31-18/h4-9,11H,3,10H2,1-2H3,(H2,22,24,27)/t11-/m1/s1. The van der Waals surface area contributed by atoms with E-state index in [1.807, 2.05) is 30.3 Å². The van der Waals surface area contributed by atoms with Gasteiger partial charge in [0, 0.05) is 0 Å². The predicted molar refractivity (Wildman–Crippen MR) is 118 cm³/mol. The van der Waals surface area contributed by atoms with Gasteiger partial charge in [-0.1, -0.05) is 12.1 Å². The number of rotatable bonds is 6. The number of aromatic nitrogens is 1. The van der Waals surface area contributed by atoms with Gasteiger partial charge >= 0.3 is 18.0 Å². The summed E-state index contributed by atoms with van der Waals surface area (Å²) in [7, 11) is 0. The summed E-state index contributed by atoms with van der Waals surface area (Å²) >= 11 is 2.83. The highest BCUT2D eigenvalue weighted by Crippen LogP contribution is 2.34. The minimum Gasteiger partial charge on any atom is -0.463 e. The van der Waals surface area contributed by atoms with Gasteiger partial charge in [-0.2, -0.15) is 0 Å².